The maximum atomic E-state index is 6.15. The number of hydrogen-bond donors (Lipinski definition) is 0. The molecule has 0 N–H and O–H groups in total. The second-order valence-corrected chi connectivity index (χ2v) is 15.2. The van der Waals surface area contributed by atoms with Gasteiger partial charge in [-0.05, 0) is 40.5 Å². The third-order valence-corrected chi connectivity index (χ3v) is 5.79. The molecule has 184 valence electrons. The first-order valence-electron chi connectivity index (χ1n) is 11.0. The Morgan fingerprint density at radius 1 is 1.03 bits per heavy atom. The van der Waals surface area contributed by atoms with Gasteiger partial charge in [-0.15, -0.1) is 0 Å². The quantitative estimate of drug-likeness (QED) is 0.236. The predicted octanol–water partition coefficient (Wildman–Crippen LogP) is 9.24. The van der Waals surface area contributed by atoms with Crippen LogP contribution in [0.5, 0.6) is 0 Å². The van der Waals surface area contributed by atoms with Crippen molar-refractivity contribution >= 4 is 57.3 Å². The van der Waals surface area contributed by atoms with Gasteiger partial charge in [0.1, 0.15) is 12.3 Å². The van der Waals surface area contributed by atoms with Crippen molar-refractivity contribution in [2.45, 2.75) is 66.3 Å². The second-order valence-electron chi connectivity index (χ2n) is 9.73. The average molecular weight is 644 g/mol. The Balaban J connectivity index is 0.00000122. The molecule has 0 spiro atoms. The van der Waals surface area contributed by atoms with Crippen molar-refractivity contribution in [1.82, 2.24) is 0 Å². The zero-order valence-electron chi connectivity index (χ0n) is 20.2. The number of ether oxygens (including phenoxy) is 1. The first-order chi connectivity index (χ1) is 15.5. The van der Waals surface area contributed by atoms with Gasteiger partial charge in [0.2, 0.25) is 5.90 Å². The van der Waals surface area contributed by atoms with E-state index in [1.54, 1.807) is 0 Å². The molecule has 0 fully saturated rings. The molecule has 1 aliphatic rings. The van der Waals surface area contributed by atoms with E-state index in [1.807, 2.05) is 24.3 Å². The van der Waals surface area contributed by atoms with E-state index in [1.165, 1.54) is 22.0 Å². The first kappa shape index (κ1) is 28.6. The Labute approximate surface area is 224 Å². The van der Waals surface area contributed by atoms with E-state index in [4.69, 9.17) is 26.3 Å². The Bertz CT molecular complexity index is 957. The third-order valence-electron chi connectivity index (χ3n) is 5.54. The Morgan fingerprint density at radius 2 is 1.55 bits per heavy atom. The van der Waals surface area contributed by atoms with Crippen LogP contribution in [0.2, 0.25) is 5.02 Å². The SMILES string of the molecule is CC(C)c1cccc(C(C)C)c1N=C(C1=N[C@@H](C(C)(C)C)CO1)c1ccc(Cl)cc1.[Br][Ni][Br]. The Kier molecular flexibility index (Phi) is 11.1. The van der Waals surface area contributed by atoms with E-state index in [0.29, 0.717) is 29.4 Å². The zero-order valence-corrected chi connectivity index (χ0v) is 25.1. The number of hydrogen-bond acceptors (Lipinski definition) is 3. The van der Waals surface area contributed by atoms with Crippen LogP contribution in [0.3, 0.4) is 0 Å². The van der Waals surface area contributed by atoms with Gasteiger partial charge in [0, 0.05) is 10.6 Å². The van der Waals surface area contributed by atoms with E-state index in [-0.39, 0.29) is 11.5 Å². The number of rotatable bonds is 5. The Hall–Kier alpha value is -0.676. The molecule has 0 unspecified atom stereocenters. The molecule has 0 amide bonds. The summed E-state index contributed by atoms with van der Waals surface area (Å²) in [5.74, 6) is 1.34. The van der Waals surface area contributed by atoms with Crippen molar-refractivity contribution in [2.24, 2.45) is 15.4 Å². The predicted molar refractivity (Wildman–Crippen MR) is 147 cm³/mol. The summed E-state index contributed by atoms with van der Waals surface area (Å²) in [4.78, 5) is 10.2. The summed E-state index contributed by atoms with van der Waals surface area (Å²) in [6, 6.07) is 14.3. The van der Waals surface area contributed by atoms with Crippen LogP contribution in [0.15, 0.2) is 52.4 Å². The summed E-state index contributed by atoms with van der Waals surface area (Å²) in [7, 11) is 1.25. The maximum absolute atomic E-state index is 6.15. The number of nitrogens with zero attached hydrogens (tertiary/aromatic N) is 2. The summed E-state index contributed by atoms with van der Waals surface area (Å²) < 4.78 is 6.10. The molecule has 7 heteroatoms. The Morgan fingerprint density at radius 3 is 1.97 bits per heavy atom. The average Bonchev–Trinajstić information content (AvgIpc) is 3.23. The molecule has 1 atom stereocenters. The molecule has 2 aromatic carbocycles. The van der Waals surface area contributed by atoms with E-state index >= 15 is 0 Å². The summed E-state index contributed by atoms with van der Waals surface area (Å²) in [5.41, 5.74) is 5.26. The van der Waals surface area contributed by atoms with Gasteiger partial charge in [-0.1, -0.05) is 90.4 Å². The van der Waals surface area contributed by atoms with Gasteiger partial charge in [0.15, 0.2) is 0 Å². The molecule has 3 nitrogen and oxygen atoms in total. The van der Waals surface area contributed by atoms with Crippen molar-refractivity contribution in [3.63, 3.8) is 0 Å². The molecule has 0 saturated heterocycles. The molecular weight excluding hydrogens is 610 g/mol. The van der Waals surface area contributed by atoms with Gasteiger partial charge in [-0.25, -0.2) is 9.98 Å². The van der Waals surface area contributed by atoms with Crippen LogP contribution in [0.4, 0.5) is 5.69 Å². The third kappa shape index (κ3) is 7.92. The normalized spacial score (nSPS) is 16.5. The topological polar surface area (TPSA) is 34.0 Å². The van der Waals surface area contributed by atoms with Crippen LogP contribution in [0.25, 0.3) is 0 Å². The fourth-order valence-corrected chi connectivity index (χ4v) is 3.67. The fraction of sp³-hybridized carbons (Fsp3) is 0.462. The summed E-state index contributed by atoms with van der Waals surface area (Å²) in [6.45, 7) is 16.0. The number of benzene rings is 2. The second kappa shape index (κ2) is 12.9. The van der Waals surface area contributed by atoms with Crippen molar-refractivity contribution < 1.29 is 15.6 Å². The van der Waals surface area contributed by atoms with Gasteiger partial charge < -0.3 is 4.74 Å². The van der Waals surface area contributed by atoms with Gasteiger partial charge in [0.05, 0.1) is 11.7 Å². The van der Waals surface area contributed by atoms with E-state index in [0.717, 1.165) is 17.0 Å². The zero-order chi connectivity index (χ0) is 24.8. The summed E-state index contributed by atoms with van der Waals surface area (Å²) >= 11 is 12.2. The van der Waals surface area contributed by atoms with Crippen LogP contribution in [0, 0.1) is 5.41 Å². The first-order valence-corrected chi connectivity index (χ1v) is 16.3. The van der Waals surface area contributed by atoms with Crippen LogP contribution in [-0.4, -0.2) is 24.3 Å². The van der Waals surface area contributed by atoms with Crippen molar-refractivity contribution in [2.75, 3.05) is 6.61 Å². The molecule has 1 heterocycles. The van der Waals surface area contributed by atoms with Crippen LogP contribution in [0.1, 0.15) is 77.0 Å². The van der Waals surface area contributed by atoms with E-state index in [2.05, 4.69) is 95.1 Å². The molecule has 3 rings (SSSR count). The summed E-state index contributed by atoms with van der Waals surface area (Å²) in [5, 5.41) is 0.699. The van der Waals surface area contributed by atoms with Gasteiger partial charge in [0.25, 0.3) is 0 Å². The molecular formula is C26H33Br2ClN2NiO. The number of para-hydroxylation sites is 1. The standard InChI is InChI=1S/C26H33ClN2O.2BrH.Ni/c1-16(2)20-9-8-10-21(17(3)4)24(20)29-23(18-11-13-19(27)14-12-18)25-28-22(15-30-25)26(5,6)7;;;/h8-14,16-17,22H,15H2,1-7H3;2*1H;/q;;;+2/p-2/t22-;;;/m1.../s1. The molecule has 1 aliphatic heterocycles. The van der Waals surface area contributed by atoms with Crippen LogP contribution < -0.4 is 0 Å². The molecule has 0 radical (unpaired) electrons. The summed E-state index contributed by atoms with van der Waals surface area (Å²) in [6.07, 6.45) is 0. The number of halogens is 3. The molecule has 33 heavy (non-hydrogen) atoms. The van der Waals surface area contributed by atoms with Crippen LogP contribution >= 0.6 is 40.1 Å². The van der Waals surface area contributed by atoms with E-state index in [9.17, 15) is 0 Å². The molecule has 0 saturated carbocycles. The molecule has 2 aromatic rings. The van der Waals surface area contributed by atoms with Gasteiger partial charge >= 0.3 is 39.3 Å². The van der Waals surface area contributed by atoms with E-state index < -0.39 is 0 Å². The minimum absolute atomic E-state index is 0.0335. The van der Waals surface area contributed by atoms with Crippen molar-refractivity contribution in [3.05, 3.63) is 64.2 Å². The minimum atomic E-state index is 0.0335. The van der Waals surface area contributed by atoms with Crippen molar-refractivity contribution in [3.8, 4) is 0 Å². The molecule has 0 aromatic heterocycles. The van der Waals surface area contributed by atoms with Crippen molar-refractivity contribution in [1.29, 1.82) is 0 Å². The number of aliphatic imine (C=N–C) groups is 2. The van der Waals surface area contributed by atoms with Gasteiger partial charge in [-0.2, -0.15) is 0 Å². The van der Waals surface area contributed by atoms with Gasteiger partial charge in [-0.3, -0.25) is 0 Å². The fourth-order valence-electron chi connectivity index (χ4n) is 3.54. The monoisotopic (exact) mass is 640 g/mol. The molecule has 0 bridgehead atoms. The van der Waals surface area contributed by atoms with Crippen LogP contribution in [-0.2, 0) is 15.6 Å². The molecule has 0 aliphatic carbocycles.